The minimum absolute atomic E-state index is 0. The second-order valence-corrected chi connectivity index (χ2v) is 11.4. The van der Waals surface area contributed by atoms with Crippen molar-refractivity contribution in [1.29, 1.82) is 5.26 Å². The van der Waals surface area contributed by atoms with Crippen molar-refractivity contribution in [1.82, 2.24) is 9.13 Å². The Morgan fingerprint density at radius 3 is 1.56 bits per heavy atom. The van der Waals surface area contributed by atoms with E-state index in [0.717, 1.165) is 58.4 Å². The molecular weight excluding hydrogens is 767 g/mol. The van der Waals surface area contributed by atoms with Gasteiger partial charge in [-0.25, -0.2) is 4.85 Å². The van der Waals surface area contributed by atoms with Gasteiger partial charge in [0.2, 0.25) is 11.8 Å². The van der Waals surface area contributed by atoms with Crippen LogP contribution in [0.1, 0.15) is 56.2 Å². The molecule has 2 aromatic carbocycles. The van der Waals surface area contributed by atoms with Crippen LogP contribution in [-0.2, 0) is 29.9 Å². The molecule has 4 N–H and O–H groups in total. The third kappa shape index (κ3) is 10.1. The molecule has 0 unspecified atom stereocenters. The van der Waals surface area contributed by atoms with Crippen LogP contribution in [0.5, 0.6) is 23.3 Å². The Hall–Kier alpha value is -6.97. The number of phenolic OH excluding ortho intramolecular Hbond substituents is 2. The van der Waals surface area contributed by atoms with Gasteiger partial charge in [0.15, 0.2) is 5.69 Å². The van der Waals surface area contributed by atoms with E-state index in [1.807, 2.05) is 13.8 Å². The number of azo groups is 2. The second kappa shape index (κ2) is 19.7. The summed E-state index contributed by atoms with van der Waals surface area (Å²) in [5.41, 5.74) is -2.55. The first-order valence-corrected chi connectivity index (χ1v) is 16.1. The molecule has 0 saturated carbocycles. The fraction of sp³-hybridized carbons (Fsp3) is 0.294. The van der Waals surface area contributed by atoms with Gasteiger partial charge >= 0.3 is 0 Å². The van der Waals surface area contributed by atoms with Crippen LogP contribution in [0.3, 0.4) is 0 Å². The van der Waals surface area contributed by atoms with E-state index < -0.39 is 32.7 Å². The van der Waals surface area contributed by atoms with Crippen molar-refractivity contribution in [2.75, 3.05) is 0 Å². The smallest absolute Gasteiger partial charge is 0.271 e. The molecule has 0 aliphatic carbocycles. The number of aromatic hydroxyl groups is 4. The summed E-state index contributed by atoms with van der Waals surface area (Å²) in [6.45, 7) is 14.3. The Balaban J connectivity index is 0.000000373. The van der Waals surface area contributed by atoms with Crippen LogP contribution in [0.4, 0.5) is 39.8 Å². The van der Waals surface area contributed by atoms with Gasteiger partial charge in [-0.2, -0.15) is 5.26 Å². The maximum absolute atomic E-state index is 12.3. The van der Waals surface area contributed by atoms with E-state index in [9.17, 15) is 55.5 Å². The molecule has 0 aliphatic heterocycles. The molecule has 0 bridgehead atoms. The van der Waals surface area contributed by atoms with Crippen molar-refractivity contribution in [2.24, 2.45) is 20.5 Å². The molecule has 1 radical (unpaired) electrons. The van der Waals surface area contributed by atoms with Gasteiger partial charge in [-0.3, -0.25) is 39.0 Å². The maximum atomic E-state index is 12.3. The number of benzene rings is 2. The summed E-state index contributed by atoms with van der Waals surface area (Å²) in [5.74, 6) is -1.60. The van der Waals surface area contributed by atoms with E-state index in [2.05, 4.69) is 25.3 Å². The Morgan fingerprint density at radius 1 is 0.764 bits per heavy atom. The normalized spacial score (nSPS) is 10.7. The summed E-state index contributed by atoms with van der Waals surface area (Å²) in [5, 5.41) is 86.6. The number of hydrogen-bond acceptors (Lipinski definition) is 15. The third-order valence-electron chi connectivity index (χ3n) is 7.83. The second-order valence-electron chi connectivity index (χ2n) is 11.4. The van der Waals surface area contributed by atoms with Gasteiger partial charge in [-0.05, 0) is 44.4 Å². The molecule has 0 aliphatic rings. The largest absolute Gasteiger partial charge is 0.506 e. The van der Waals surface area contributed by atoms with Crippen LogP contribution in [0, 0.1) is 52.0 Å². The number of non-ortho nitro benzene ring substituents is 2. The van der Waals surface area contributed by atoms with Crippen LogP contribution < -0.4 is 11.1 Å². The third-order valence-corrected chi connectivity index (χ3v) is 7.83. The number of nitriles is 1. The topological polar surface area (TPSA) is 289 Å². The van der Waals surface area contributed by atoms with Crippen molar-refractivity contribution in [3.8, 4) is 29.3 Å². The van der Waals surface area contributed by atoms with Gasteiger partial charge in [-0.1, -0.05) is 26.7 Å². The molecule has 4 aromatic rings. The van der Waals surface area contributed by atoms with Gasteiger partial charge in [0.1, 0.15) is 40.2 Å². The predicted molar refractivity (Wildman–Crippen MR) is 193 cm³/mol. The maximum Gasteiger partial charge on any atom is 0.271 e. The number of rotatable bonds is 12. The summed E-state index contributed by atoms with van der Waals surface area (Å²) in [4.78, 5) is 48.3. The van der Waals surface area contributed by atoms with Crippen LogP contribution in [-0.4, -0.2) is 39.4 Å². The van der Waals surface area contributed by atoms with Gasteiger partial charge in [0, 0.05) is 59.7 Å². The minimum atomic E-state index is -0.653. The monoisotopic (exact) mass is 801 g/mol. The summed E-state index contributed by atoms with van der Waals surface area (Å²) in [6, 6.07) is 8.26. The average Bonchev–Trinajstić information content (AvgIpc) is 3.13. The van der Waals surface area contributed by atoms with E-state index in [0.29, 0.717) is 12.8 Å². The molecule has 2 heterocycles. The van der Waals surface area contributed by atoms with Crippen LogP contribution in [0.25, 0.3) is 4.85 Å². The molecule has 55 heavy (non-hydrogen) atoms. The Kier molecular flexibility index (Phi) is 15.9. The molecule has 289 valence electrons. The standard InChI is InChI=1S/2C17H17N5O5.Co/c1-4-5-8-21-16(24)14(18-3)10(2)15(17(21)25)20-19-12-9-11(22(26)27)6-7-13(12)23;1-3-4-7-21-16(24)12(9-18)10(2)15(17(21)25)20-19-13-8-11(22(26)27)5-6-14(13)23;/h6-7,9,23,25H,4-5,8H2,1-2H3;5-6,8,23,25H,3-4,7H2,1-2H3;. The zero-order valence-corrected chi connectivity index (χ0v) is 30.8. The van der Waals surface area contributed by atoms with E-state index >= 15 is 0 Å². The molecule has 0 atom stereocenters. The van der Waals surface area contributed by atoms with Crippen molar-refractivity contribution in [3.05, 3.63) is 105 Å². The fourth-order valence-electron chi connectivity index (χ4n) is 4.77. The van der Waals surface area contributed by atoms with Crippen molar-refractivity contribution >= 4 is 39.8 Å². The summed E-state index contributed by atoms with van der Waals surface area (Å²) in [6.07, 6.45) is 2.74. The SMILES string of the molecule is CCCCn1c(O)c(N=Nc2cc([N+](=O)[O-])ccc2O)c(C)c(C#N)c1=O.[C-]#[N+]c1c(C)c(N=Nc2cc([N+](=O)[O-])ccc2O)c(O)n(CCCC)c1=O.[Co]. The van der Waals surface area contributed by atoms with Gasteiger partial charge in [-0.15, -0.1) is 20.5 Å². The fourth-order valence-corrected chi connectivity index (χ4v) is 4.77. The molecule has 0 spiro atoms. The number of unbranched alkanes of at least 4 members (excludes halogenated alkanes) is 2. The summed E-state index contributed by atoms with van der Waals surface area (Å²) in [7, 11) is 0. The van der Waals surface area contributed by atoms with Crippen LogP contribution >= 0.6 is 0 Å². The van der Waals surface area contributed by atoms with Crippen LogP contribution in [0.2, 0.25) is 0 Å². The van der Waals surface area contributed by atoms with E-state index in [4.69, 9.17) is 6.57 Å². The first kappa shape index (κ1) is 44.2. The van der Waals surface area contributed by atoms with Gasteiger partial charge < -0.3 is 20.4 Å². The Morgan fingerprint density at radius 2 is 1.18 bits per heavy atom. The van der Waals surface area contributed by atoms with E-state index in [1.165, 1.54) is 13.8 Å². The molecule has 0 amide bonds. The van der Waals surface area contributed by atoms with Crippen molar-refractivity contribution < 1.29 is 47.1 Å². The number of nitro groups is 2. The Labute approximate surface area is 322 Å². The summed E-state index contributed by atoms with van der Waals surface area (Å²) < 4.78 is 2.09. The van der Waals surface area contributed by atoms with Crippen molar-refractivity contribution in [3.63, 3.8) is 0 Å². The molecule has 4 rings (SSSR count). The first-order valence-electron chi connectivity index (χ1n) is 16.1. The number of nitrogens with zero attached hydrogens (tertiary/aromatic N) is 10. The molecule has 20 nitrogen and oxygen atoms in total. The quantitative estimate of drug-likeness (QED) is 0.0463. The first-order chi connectivity index (χ1) is 25.6. The Bertz CT molecular complexity index is 2210. The zero-order valence-electron chi connectivity index (χ0n) is 29.8. The molecule has 2 aromatic heterocycles. The molecular formula is C34H34CoN10O10. The number of phenols is 2. The molecule has 0 fully saturated rings. The van der Waals surface area contributed by atoms with Crippen LogP contribution in [0.15, 0.2) is 66.4 Å². The van der Waals surface area contributed by atoms with E-state index in [-0.39, 0.29) is 97.9 Å². The van der Waals surface area contributed by atoms with Crippen molar-refractivity contribution in [2.45, 2.75) is 66.5 Å². The number of aromatic nitrogens is 2. The number of pyridine rings is 2. The van der Waals surface area contributed by atoms with Gasteiger partial charge in [0.05, 0.1) is 16.4 Å². The van der Waals surface area contributed by atoms with E-state index in [1.54, 1.807) is 6.07 Å². The summed E-state index contributed by atoms with van der Waals surface area (Å²) >= 11 is 0. The molecule has 21 heteroatoms. The number of hydrogen-bond donors (Lipinski definition) is 4. The zero-order chi connectivity index (χ0) is 40.3. The predicted octanol–water partition coefficient (Wildman–Crippen LogP) is 7.80. The van der Waals surface area contributed by atoms with Gasteiger partial charge in [0.25, 0.3) is 28.2 Å². The minimum Gasteiger partial charge on any atom is -0.506 e. The molecule has 0 saturated heterocycles. The average molecular weight is 802 g/mol. The number of nitro benzene ring substituents is 2.